The second-order valence-corrected chi connectivity index (χ2v) is 11.1. The van der Waals surface area contributed by atoms with Crippen LogP contribution in [0, 0.1) is 0 Å². The van der Waals surface area contributed by atoms with Crippen molar-refractivity contribution in [3.05, 3.63) is 22.7 Å². The van der Waals surface area contributed by atoms with Crippen molar-refractivity contribution < 1.29 is 23.1 Å². The van der Waals surface area contributed by atoms with Crippen LogP contribution in [-0.2, 0) is 9.16 Å². The minimum atomic E-state index is -3.48. The third-order valence-electron chi connectivity index (χ3n) is 4.63. The summed E-state index contributed by atoms with van der Waals surface area (Å²) in [5.41, 5.74) is 4.79. The van der Waals surface area contributed by atoms with Gasteiger partial charge in [0.05, 0.1) is 6.61 Å². The highest BCUT2D eigenvalue weighted by atomic mass is 28.4. The standard InChI is InChI=1S/C14H21F2N3O4Si/c1-24(2,8-3-4-8)23-11-9(7-20)22-12(14(11,15)16)19-6-5-10(17)18-13(19)21/h5-6,8-9,11-12,20H,3-4,7H2,1-2H3,(H2,17,18,21). The summed E-state index contributed by atoms with van der Waals surface area (Å²) in [5, 5.41) is 9.45. The number of hydrogen-bond donors (Lipinski definition) is 2. The van der Waals surface area contributed by atoms with E-state index >= 15 is 0 Å². The minimum Gasteiger partial charge on any atom is -0.405 e. The van der Waals surface area contributed by atoms with E-state index in [2.05, 4.69) is 4.98 Å². The summed E-state index contributed by atoms with van der Waals surface area (Å²) in [7, 11) is -2.33. The molecule has 1 aromatic heterocycles. The van der Waals surface area contributed by atoms with Gasteiger partial charge in [-0.15, -0.1) is 0 Å². The maximum absolute atomic E-state index is 14.9. The van der Waals surface area contributed by atoms with Crippen LogP contribution in [0.4, 0.5) is 14.6 Å². The predicted octanol–water partition coefficient (Wildman–Crippen LogP) is 1.10. The third-order valence-corrected chi connectivity index (χ3v) is 8.03. The van der Waals surface area contributed by atoms with Gasteiger partial charge in [0.25, 0.3) is 0 Å². The number of aromatic nitrogens is 2. The lowest BCUT2D eigenvalue weighted by molar-refractivity contribution is -0.138. The quantitative estimate of drug-likeness (QED) is 0.762. The Bertz CT molecular complexity index is 680. The fourth-order valence-corrected chi connectivity index (χ4v) is 5.78. The molecule has 0 amide bonds. The van der Waals surface area contributed by atoms with Gasteiger partial charge in [-0.05, 0) is 24.7 Å². The Morgan fingerprint density at radius 3 is 2.75 bits per heavy atom. The SMILES string of the molecule is C[Si](C)(OC1C(CO)OC(n2ccc(N)nc2=O)C1(F)F)C1CC1. The highest BCUT2D eigenvalue weighted by Gasteiger charge is 2.62. The van der Waals surface area contributed by atoms with E-state index in [0.717, 1.165) is 19.0 Å². The number of alkyl halides is 2. The zero-order valence-electron chi connectivity index (χ0n) is 13.5. The molecule has 3 atom stereocenters. The van der Waals surface area contributed by atoms with Crippen molar-refractivity contribution in [3.63, 3.8) is 0 Å². The van der Waals surface area contributed by atoms with Crippen LogP contribution in [0.1, 0.15) is 19.1 Å². The summed E-state index contributed by atoms with van der Waals surface area (Å²) in [6.45, 7) is 3.15. The molecule has 3 N–H and O–H groups in total. The van der Waals surface area contributed by atoms with Gasteiger partial charge in [-0.2, -0.15) is 13.8 Å². The van der Waals surface area contributed by atoms with Crippen LogP contribution < -0.4 is 11.4 Å². The van der Waals surface area contributed by atoms with Crippen molar-refractivity contribution in [2.75, 3.05) is 12.3 Å². The molecule has 0 bridgehead atoms. The minimum absolute atomic E-state index is 0.0636. The number of nitrogens with zero attached hydrogens (tertiary/aromatic N) is 2. The first kappa shape index (κ1) is 17.5. The van der Waals surface area contributed by atoms with E-state index in [1.54, 1.807) is 0 Å². The Labute approximate surface area is 138 Å². The van der Waals surface area contributed by atoms with E-state index in [9.17, 15) is 18.7 Å². The molecule has 3 rings (SSSR count). The molecule has 1 aliphatic carbocycles. The Morgan fingerprint density at radius 1 is 1.54 bits per heavy atom. The molecule has 1 saturated heterocycles. The van der Waals surface area contributed by atoms with E-state index in [0.29, 0.717) is 10.1 Å². The number of nitrogen functional groups attached to an aromatic ring is 1. The Hall–Kier alpha value is -1.36. The first-order valence-corrected chi connectivity index (χ1v) is 10.8. The highest BCUT2D eigenvalue weighted by molar-refractivity contribution is 6.73. The molecule has 2 aliphatic rings. The van der Waals surface area contributed by atoms with E-state index in [1.165, 1.54) is 6.07 Å². The molecular formula is C14H21F2N3O4Si. The maximum Gasteiger partial charge on any atom is 0.351 e. The molecule has 0 spiro atoms. The molecule has 24 heavy (non-hydrogen) atoms. The first-order valence-electron chi connectivity index (χ1n) is 7.83. The fraction of sp³-hybridized carbons (Fsp3) is 0.714. The smallest absolute Gasteiger partial charge is 0.351 e. The summed E-state index contributed by atoms with van der Waals surface area (Å²) < 4.78 is 41.6. The van der Waals surface area contributed by atoms with Gasteiger partial charge in [-0.25, -0.2) is 4.79 Å². The number of ether oxygens (including phenoxy) is 1. The third kappa shape index (κ3) is 2.98. The van der Waals surface area contributed by atoms with Gasteiger partial charge in [0, 0.05) is 6.20 Å². The van der Waals surface area contributed by atoms with E-state index in [4.69, 9.17) is 14.9 Å². The maximum atomic E-state index is 14.9. The molecule has 1 aromatic rings. The summed E-state index contributed by atoms with van der Waals surface area (Å²) >= 11 is 0. The molecule has 3 unspecified atom stereocenters. The van der Waals surface area contributed by atoms with Crippen molar-refractivity contribution >= 4 is 14.1 Å². The van der Waals surface area contributed by atoms with E-state index in [-0.39, 0.29) is 5.82 Å². The van der Waals surface area contributed by atoms with Gasteiger partial charge in [-0.3, -0.25) is 4.57 Å². The lowest BCUT2D eigenvalue weighted by Crippen LogP contribution is -2.49. The second kappa shape index (κ2) is 5.87. The largest absolute Gasteiger partial charge is 0.405 e. The van der Waals surface area contributed by atoms with Crippen LogP contribution in [0.2, 0.25) is 18.6 Å². The summed E-state index contributed by atoms with van der Waals surface area (Å²) in [5.74, 6) is -3.54. The van der Waals surface area contributed by atoms with Gasteiger partial charge in [0.1, 0.15) is 18.0 Å². The van der Waals surface area contributed by atoms with Crippen molar-refractivity contribution in [1.29, 1.82) is 0 Å². The Morgan fingerprint density at radius 2 is 2.21 bits per heavy atom. The molecule has 134 valence electrons. The van der Waals surface area contributed by atoms with Crippen molar-refractivity contribution in [2.24, 2.45) is 0 Å². The molecule has 7 nitrogen and oxygen atoms in total. The molecule has 1 saturated carbocycles. The number of anilines is 1. The number of aliphatic hydroxyl groups is 1. The normalized spacial score (nSPS) is 29.8. The number of halogens is 2. The molecule has 2 heterocycles. The first-order chi connectivity index (χ1) is 11.2. The van der Waals surface area contributed by atoms with Gasteiger partial charge >= 0.3 is 11.6 Å². The summed E-state index contributed by atoms with van der Waals surface area (Å²) in [6, 6.07) is 1.24. The van der Waals surface area contributed by atoms with Crippen LogP contribution >= 0.6 is 0 Å². The lowest BCUT2D eigenvalue weighted by Gasteiger charge is -2.32. The molecule has 1 aliphatic heterocycles. The van der Waals surface area contributed by atoms with Crippen LogP contribution in [0.25, 0.3) is 0 Å². The number of hydrogen-bond acceptors (Lipinski definition) is 6. The van der Waals surface area contributed by atoms with Crippen molar-refractivity contribution in [2.45, 2.75) is 55.8 Å². The summed E-state index contributed by atoms with van der Waals surface area (Å²) in [6.07, 6.45) is -1.62. The molecule has 2 fully saturated rings. The van der Waals surface area contributed by atoms with Crippen molar-refractivity contribution in [3.8, 4) is 0 Å². The van der Waals surface area contributed by atoms with Crippen LogP contribution in [0.15, 0.2) is 17.1 Å². The molecule has 0 aromatic carbocycles. The van der Waals surface area contributed by atoms with Crippen molar-refractivity contribution in [1.82, 2.24) is 9.55 Å². The molecular weight excluding hydrogens is 340 g/mol. The van der Waals surface area contributed by atoms with E-state index in [1.807, 2.05) is 13.1 Å². The fourth-order valence-electron chi connectivity index (χ4n) is 3.07. The number of rotatable bonds is 5. The average molecular weight is 361 g/mol. The average Bonchev–Trinajstić information content (AvgIpc) is 3.29. The lowest BCUT2D eigenvalue weighted by atomic mass is 10.1. The van der Waals surface area contributed by atoms with Gasteiger partial charge in [0.2, 0.25) is 6.23 Å². The van der Waals surface area contributed by atoms with Crippen LogP contribution in [0.5, 0.6) is 0 Å². The molecule has 10 heteroatoms. The van der Waals surface area contributed by atoms with Crippen LogP contribution in [0.3, 0.4) is 0 Å². The molecule has 0 radical (unpaired) electrons. The number of nitrogens with two attached hydrogens (primary N) is 1. The van der Waals surface area contributed by atoms with Gasteiger partial charge in [-0.1, -0.05) is 12.8 Å². The predicted molar refractivity (Wildman–Crippen MR) is 84.2 cm³/mol. The zero-order chi connectivity index (χ0) is 17.7. The summed E-state index contributed by atoms with van der Waals surface area (Å²) in [4.78, 5) is 15.3. The highest BCUT2D eigenvalue weighted by Crippen LogP contribution is 2.50. The topological polar surface area (TPSA) is 99.6 Å². The Balaban J connectivity index is 1.91. The Kier molecular flexibility index (Phi) is 4.27. The monoisotopic (exact) mass is 361 g/mol. The van der Waals surface area contributed by atoms with Crippen LogP contribution in [-0.4, -0.2) is 47.7 Å². The number of aliphatic hydroxyl groups excluding tert-OH is 1. The van der Waals surface area contributed by atoms with Gasteiger partial charge in [0.15, 0.2) is 8.32 Å². The van der Waals surface area contributed by atoms with Gasteiger partial charge < -0.3 is 20.0 Å². The second-order valence-electron chi connectivity index (χ2n) is 6.84. The van der Waals surface area contributed by atoms with E-state index < -0.39 is 45.0 Å². The zero-order valence-corrected chi connectivity index (χ0v) is 14.5.